The molecule has 3 rings (SSSR count). The highest BCUT2D eigenvalue weighted by Gasteiger charge is 2.46. The van der Waals surface area contributed by atoms with Crippen LogP contribution in [0.25, 0.3) is 5.76 Å². The fourth-order valence-corrected chi connectivity index (χ4v) is 4.11. The zero-order valence-corrected chi connectivity index (χ0v) is 21.3. The Morgan fingerprint density at radius 3 is 2.37 bits per heavy atom. The Morgan fingerprint density at radius 1 is 1.06 bits per heavy atom. The van der Waals surface area contributed by atoms with Gasteiger partial charge in [-0.2, -0.15) is 0 Å². The van der Waals surface area contributed by atoms with Crippen LogP contribution in [0.5, 0.6) is 11.5 Å². The van der Waals surface area contributed by atoms with Crippen molar-refractivity contribution in [2.45, 2.75) is 33.2 Å². The van der Waals surface area contributed by atoms with Crippen molar-refractivity contribution in [3.8, 4) is 11.5 Å². The van der Waals surface area contributed by atoms with Crippen LogP contribution in [0.3, 0.4) is 0 Å². The Morgan fingerprint density at radius 2 is 1.74 bits per heavy atom. The van der Waals surface area contributed by atoms with E-state index >= 15 is 0 Å². The zero-order valence-electron chi connectivity index (χ0n) is 21.3. The number of aliphatic hydroxyl groups is 1. The molecule has 0 aromatic heterocycles. The minimum atomic E-state index is -0.739. The minimum Gasteiger partial charge on any atom is -0.507 e. The molecule has 35 heavy (non-hydrogen) atoms. The molecule has 1 saturated heterocycles. The van der Waals surface area contributed by atoms with Gasteiger partial charge in [-0.3, -0.25) is 9.59 Å². The molecule has 0 radical (unpaired) electrons. The molecule has 1 atom stereocenters. The molecule has 1 unspecified atom stereocenters. The number of likely N-dealkylation sites (tertiary alicyclic amines) is 1. The van der Waals surface area contributed by atoms with E-state index in [2.05, 4.69) is 13.8 Å². The van der Waals surface area contributed by atoms with Gasteiger partial charge in [-0.15, -0.1) is 0 Å². The van der Waals surface area contributed by atoms with Gasteiger partial charge in [-0.05, 0) is 70.2 Å². The van der Waals surface area contributed by atoms with Crippen molar-refractivity contribution in [2.75, 3.05) is 40.4 Å². The number of ketones is 1. The molecule has 2 aromatic carbocycles. The lowest BCUT2D eigenvalue weighted by atomic mass is 9.94. The highest BCUT2D eigenvalue weighted by atomic mass is 16.5. The van der Waals surface area contributed by atoms with Crippen LogP contribution >= 0.6 is 0 Å². The Balaban J connectivity index is 2.05. The van der Waals surface area contributed by atoms with Crippen molar-refractivity contribution in [2.24, 2.45) is 5.92 Å². The quantitative estimate of drug-likeness (QED) is 0.290. The Hall–Kier alpha value is -3.32. The molecule has 2 aromatic rings. The van der Waals surface area contributed by atoms with Crippen LogP contribution in [0.1, 0.15) is 44.4 Å². The number of nitrogens with zero attached hydrogens (tertiary/aromatic N) is 2. The second-order valence-electron chi connectivity index (χ2n) is 9.35. The predicted molar refractivity (Wildman–Crippen MR) is 137 cm³/mol. The van der Waals surface area contributed by atoms with Crippen molar-refractivity contribution in [3.63, 3.8) is 0 Å². The smallest absolute Gasteiger partial charge is 0.295 e. The van der Waals surface area contributed by atoms with Crippen molar-refractivity contribution in [1.29, 1.82) is 0 Å². The Bertz CT molecular complexity index is 1060. The molecule has 1 N–H and O–H groups in total. The first-order valence-electron chi connectivity index (χ1n) is 12.1. The van der Waals surface area contributed by atoms with E-state index in [1.54, 1.807) is 29.2 Å². The molecule has 7 heteroatoms. The third kappa shape index (κ3) is 6.22. The molecule has 0 spiro atoms. The first kappa shape index (κ1) is 26.3. The number of hydrogen-bond acceptors (Lipinski definition) is 6. The third-order valence-corrected chi connectivity index (χ3v) is 5.77. The number of rotatable bonds is 11. The number of benzene rings is 2. The van der Waals surface area contributed by atoms with Crippen LogP contribution in [0, 0.1) is 5.92 Å². The summed E-state index contributed by atoms with van der Waals surface area (Å²) < 4.78 is 11.6. The fraction of sp³-hybridized carbons (Fsp3) is 0.429. The maximum absolute atomic E-state index is 13.2. The molecule has 0 aliphatic carbocycles. The second-order valence-corrected chi connectivity index (χ2v) is 9.35. The number of ether oxygens (including phenoxy) is 2. The predicted octanol–water partition coefficient (Wildman–Crippen LogP) is 4.49. The third-order valence-electron chi connectivity index (χ3n) is 5.77. The molecular formula is C28H36N2O5. The van der Waals surface area contributed by atoms with Crippen LogP contribution in [0.4, 0.5) is 0 Å². The van der Waals surface area contributed by atoms with Gasteiger partial charge < -0.3 is 24.4 Å². The number of carbonyl (C=O) groups is 2. The van der Waals surface area contributed by atoms with Crippen molar-refractivity contribution < 1.29 is 24.2 Å². The first-order chi connectivity index (χ1) is 16.7. The topological polar surface area (TPSA) is 79.3 Å². The average molecular weight is 481 g/mol. The maximum Gasteiger partial charge on any atom is 0.295 e. The summed E-state index contributed by atoms with van der Waals surface area (Å²) in [5.74, 6) is 0.143. The molecule has 7 nitrogen and oxygen atoms in total. The molecule has 1 heterocycles. The molecular weight excluding hydrogens is 444 g/mol. The molecule has 1 aliphatic rings. The largest absolute Gasteiger partial charge is 0.507 e. The summed E-state index contributed by atoms with van der Waals surface area (Å²) in [6, 6.07) is 13.5. The van der Waals surface area contributed by atoms with Gasteiger partial charge >= 0.3 is 0 Å². The van der Waals surface area contributed by atoms with E-state index in [1.165, 1.54) is 0 Å². The van der Waals surface area contributed by atoms with Gasteiger partial charge in [0.25, 0.3) is 11.7 Å². The van der Waals surface area contributed by atoms with Crippen LogP contribution < -0.4 is 9.47 Å². The molecule has 188 valence electrons. The van der Waals surface area contributed by atoms with Crippen LogP contribution in [0.15, 0.2) is 54.1 Å². The second kappa shape index (κ2) is 11.9. The van der Waals surface area contributed by atoms with Gasteiger partial charge in [0.2, 0.25) is 0 Å². The highest BCUT2D eigenvalue weighted by Crippen LogP contribution is 2.42. The molecule has 1 amide bonds. The summed E-state index contributed by atoms with van der Waals surface area (Å²) in [4.78, 5) is 30.0. The van der Waals surface area contributed by atoms with Gasteiger partial charge in [0, 0.05) is 17.7 Å². The van der Waals surface area contributed by atoms with Crippen LogP contribution in [-0.2, 0) is 9.59 Å². The standard InChI is InChI=1S/C28H36N2O5/c1-6-34-23-11-8-7-10-22(23)25-24(27(32)28(33)30(25)17-9-16-29(4)5)26(31)20-12-14-21(15-13-20)35-18-19(2)3/h7-8,10-15,19,25,31H,6,9,16-18H2,1-5H3. The van der Waals surface area contributed by atoms with E-state index in [4.69, 9.17) is 9.47 Å². The Labute approximate surface area is 207 Å². The average Bonchev–Trinajstić information content (AvgIpc) is 3.08. The van der Waals surface area contributed by atoms with Gasteiger partial charge in [0.15, 0.2) is 0 Å². The van der Waals surface area contributed by atoms with Crippen LogP contribution in [0.2, 0.25) is 0 Å². The van der Waals surface area contributed by atoms with Crippen molar-refractivity contribution in [1.82, 2.24) is 9.80 Å². The van der Waals surface area contributed by atoms with E-state index in [1.807, 2.05) is 50.2 Å². The van der Waals surface area contributed by atoms with Gasteiger partial charge in [0.1, 0.15) is 17.3 Å². The summed E-state index contributed by atoms with van der Waals surface area (Å²) in [7, 11) is 3.93. The van der Waals surface area contributed by atoms with Gasteiger partial charge in [-0.25, -0.2) is 0 Å². The lowest BCUT2D eigenvalue weighted by Crippen LogP contribution is -2.32. The number of hydrogen-bond donors (Lipinski definition) is 1. The summed E-state index contributed by atoms with van der Waals surface area (Å²) >= 11 is 0. The summed E-state index contributed by atoms with van der Waals surface area (Å²) in [6.07, 6.45) is 0.690. The monoisotopic (exact) mass is 480 g/mol. The molecule has 0 bridgehead atoms. The van der Waals surface area contributed by atoms with E-state index in [0.717, 1.165) is 6.54 Å². The minimum absolute atomic E-state index is 0.0721. The SMILES string of the molecule is CCOc1ccccc1C1C(=C(O)c2ccc(OCC(C)C)cc2)C(=O)C(=O)N1CCCN(C)C. The van der Waals surface area contributed by atoms with E-state index in [-0.39, 0.29) is 11.3 Å². The molecule has 0 saturated carbocycles. The molecule has 1 aliphatic heterocycles. The van der Waals surface area contributed by atoms with E-state index < -0.39 is 17.7 Å². The number of amides is 1. The number of carbonyl (C=O) groups excluding carboxylic acids is 2. The lowest BCUT2D eigenvalue weighted by molar-refractivity contribution is -0.140. The van der Waals surface area contributed by atoms with Gasteiger partial charge in [-0.1, -0.05) is 32.0 Å². The fourth-order valence-electron chi connectivity index (χ4n) is 4.11. The lowest BCUT2D eigenvalue weighted by Gasteiger charge is -2.27. The summed E-state index contributed by atoms with van der Waals surface area (Å²) in [6.45, 7) is 8.18. The van der Waals surface area contributed by atoms with Gasteiger partial charge in [0.05, 0.1) is 24.8 Å². The van der Waals surface area contributed by atoms with Crippen molar-refractivity contribution >= 4 is 17.4 Å². The normalized spacial score (nSPS) is 17.5. The number of para-hydroxylation sites is 1. The van der Waals surface area contributed by atoms with E-state index in [9.17, 15) is 14.7 Å². The Kier molecular flexibility index (Phi) is 8.93. The molecule has 1 fully saturated rings. The number of aliphatic hydroxyl groups excluding tert-OH is 1. The first-order valence-corrected chi connectivity index (χ1v) is 12.1. The number of Topliss-reactive ketones (excluding diaryl/α,β-unsaturated/α-hetero) is 1. The van der Waals surface area contributed by atoms with Crippen LogP contribution in [-0.4, -0.2) is 67.0 Å². The van der Waals surface area contributed by atoms with Crippen molar-refractivity contribution in [3.05, 3.63) is 65.2 Å². The summed E-state index contributed by atoms with van der Waals surface area (Å²) in [5.41, 5.74) is 1.20. The highest BCUT2D eigenvalue weighted by molar-refractivity contribution is 6.46. The maximum atomic E-state index is 13.2. The van der Waals surface area contributed by atoms with E-state index in [0.29, 0.717) is 54.7 Å². The zero-order chi connectivity index (χ0) is 25.5. The summed E-state index contributed by atoms with van der Waals surface area (Å²) in [5, 5.41) is 11.3.